The van der Waals surface area contributed by atoms with Crippen LogP contribution < -0.4 is 10.5 Å². The fourth-order valence-electron chi connectivity index (χ4n) is 3.76. The van der Waals surface area contributed by atoms with Gasteiger partial charge in [-0.2, -0.15) is 0 Å². The van der Waals surface area contributed by atoms with E-state index in [4.69, 9.17) is 19.9 Å². The van der Waals surface area contributed by atoms with Gasteiger partial charge in [-0.1, -0.05) is 0 Å². The molecule has 1 spiro atoms. The van der Waals surface area contributed by atoms with Gasteiger partial charge in [0.25, 0.3) is 0 Å². The van der Waals surface area contributed by atoms with E-state index in [1.165, 1.54) is 0 Å². The van der Waals surface area contributed by atoms with Crippen LogP contribution in [0.15, 0.2) is 18.2 Å². The highest BCUT2D eigenvalue weighted by Crippen LogP contribution is 2.43. The number of nitrogens with zero attached hydrogens (tertiary/aromatic N) is 1. The normalized spacial score (nSPS) is 24.1. The first-order valence-electron chi connectivity index (χ1n) is 10.1. The standard InChI is InChI=1S/C22H32N2O5/c1-20(2,3)28-18(25)14-7-8-17-15(11-14)16(23)12-22(27-17)9-10-24(13-22)19(26)29-21(4,5)6/h7-8,11,16H,9-10,12-13,23H2,1-6H3. The number of hydrogen-bond donors (Lipinski definition) is 1. The van der Waals surface area contributed by atoms with Gasteiger partial charge in [-0.05, 0) is 59.7 Å². The lowest BCUT2D eigenvalue weighted by Crippen LogP contribution is -2.46. The first-order chi connectivity index (χ1) is 13.3. The van der Waals surface area contributed by atoms with Crippen molar-refractivity contribution >= 4 is 12.1 Å². The molecule has 2 aliphatic heterocycles. The summed E-state index contributed by atoms with van der Waals surface area (Å²) in [4.78, 5) is 26.5. The Kier molecular flexibility index (Phi) is 5.32. The molecule has 2 aliphatic rings. The molecule has 7 nitrogen and oxygen atoms in total. The van der Waals surface area contributed by atoms with Crippen molar-refractivity contribution < 1.29 is 23.8 Å². The number of carbonyl (C=O) groups excluding carboxylic acids is 2. The number of ether oxygens (including phenoxy) is 3. The van der Waals surface area contributed by atoms with Crippen molar-refractivity contribution in [2.75, 3.05) is 13.1 Å². The van der Waals surface area contributed by atoms with Crippen LogP contribution in [0.4, 0.5) is 4.79 Å². The second-order valence-electron chi connectivity index (χ2n) is 10.0. The quantitative estimate of drug-likeness (QED) is 0.716. The van der Waals surface area contributed by atoms with Crippen LogP contribution in [-0.2, 0) is 9.47 Å². The van der Waals surface area contributed by atoms with Crippen LogP contribution >= 0.6 is 0 Å². The second kappa shape index (κ2) is 7.20. The first kappa shape index (κ1) is 21.4. The van der Waals surface area contributed by atoms with Gasteiger partial charge in [-0.15, -0.1) is 0 Å². The van der Waals surface area contributed by atoms with E-state index in [9.17, 15) is 9.59 Å². The molecule has 0 bridgehead atoms. The second-order valence-corrected chi connectivity index (χ2v) is 10.0. The third-order valence-electron chi connectivity index (χ3n) is 4.93. The van der Waals surface area contributed by atoms with E-state index in [2.05, 4.69) is 0 Å². The van der Waals surface area contributed by atoms with Gasteiger partial charge < -0.3 is 24.8 Å². The maximum Gasteiger partial charge on any atom is 0.410 e. The van der Waals surface area contributed by atoms with E-state index in [-0.39, 0.29) is 18.1 Å². The lowest BCUT2D eigenvalue weighted by molar-refractivity contribution is 0.00652. The Labute approximate surface area is 172 Å². The van der Waals surface area contributed by atoms with Crippen molar-refractivity contribution in [2.24, 2.45) is 5.73 Å². The Morgan fingerprint density at radius 1 is 1.14 bits per heavy atom. The average molecular weight is 405 g/mol. The summed E-state index contributed by atoms with van der Waals surface area (Å²) in [6.45, 7) is 12.0. The Morgan fingerprint density at radius 3 is 2.41 bits per heavy atom. The summed E-state index contributed by atoms with van der Waals surface area (Å²) < 4.78 is 17.2. The topological polar surface area (TPSA) is 91.1 Å². The molecule has 7 heteroatoms. The summed E-state index contributed by atoms with van der Waals surface area (Å²) in [6, 6.07) is 4.92. The minimum Gasteiger partial charge on any atom is -0.485 e. The van der Waals surface area contributed by atoms with Crippen LogP contribution in [0.5, 0.6) is 5.75 Å². The predicted octanol–water partition coefficient (Wildman–Crippen LogP) is 3.80. The number of amides is 1. The van der Waals surface area contributed by atoms with Crippen LogP contribution in [0.1, 0.15) is 76.3 Å². The molecule has 1 aromatic rings. The van der Waals surface area contributed by atoms with Gasteiger partial charge in [0, 0.05) is 31.0 Å². The van der Waals surface area contributed by atoms with E-state index in [1.54, 1.807) is 23.1 Å². The number of likely N-dealkylation sites (tertiary alicyclic amines) is 1. The smallest absolute Gasteiger partial charge is 0.410 e. The van der Waals surface area contributed by atoms with Gasteiger partial charge in [0.05, 0.1) is 12.1 Å². The van der Waals surface area contributed by atoms with Crippen molar-refractivity contribution in [3.05, 3.63) is 29.3 Å². The van der Waals surface area contributed by atoms with Crippen LogP contribution in [0.2, 0.25) is 0 Å². The van der Waals surface area contributed by atoms with Crippen LogP contribution in [0.3, 0.4) is 0 Å². The molecule has 2 heterocycles. The molecule has 0 aromatic heterocycles. The molecule has 0 saturated carbocycles. The Bertz CT molecular complexity index is 808. The molecule has 160 valence electrons. The van der Waals surface area contributed by atoms with Gasteiger partial charge in [0.2, 0.25) is 0 Å². The Morgan fingerprint density at radius 2 is 1.79 bits per heavy atom. The lowest BCUT2D eigenvalue weighted by atomic mass is 9.86. The molecule has 29 heavy (non-hydrogen) atoms. The maximum absolute atomic E-state index is 12.4. The molecular formula is C22H32N2O5. The molecule has 2 atom stereocenters. The van der Waals surface area contributed by atoms with E-state index >= 15 is 0 Å². The maximum atomic E-state index is 12.4. The summed E-state index contributed by atoms with van der Waals surface area (Å²) in [5.74, 6) is 0.270. The van der Waals surface area contributed by atoms with E-state index < -0.39 is 16.8 Å². The molecule has 0 aliphatic carbocycles. The zero-order chi connectivity index (χ0) is 21.6. The third-order valence-corrected chi connectivity index (χ3v) is 4.93. The molecule has 2 N–H and O–H groups in total. The van der Waals surface area contributed by atoms with Crippen molar-refractivity contribution in [3.8, 4) is 5.75 Å². The summed E-state index contributed by atoms with van der Waals surface area (Å²) in [6.07, 6.45) is 0.919. The van der Waals surface area contributed by atoms with Gasteiger partial charge in [0.15, 0.2) is 0 Å². The fraction of sp³-hybridized carbons (Fsp3) is 0.636. The number of fused-ring (bicyclic) bond motifs is 1. The highest BCUT2D eigenvalue weighted by atomic mass is 16.6. The van der Waals surface area contributed by atoms with Crippen molar-refractivity contribution in [3.63, 3.8) is 0 Å². The minimum atomic E-state index is -0.565. The molecule has 3 rings (SSSR count). The van der Waals surface area contributed by atoms with E-state index in [0.717, 1.165) is 5.56 Å². The Balaban J connectivity index is 1.75. The zero-order valence-electron chi connectivity index (χ0n) is 18.2. The highest BCUT2D eigenvalue weighted by molar-refractivity contribution is 5.90. The molecule has 2 unspecified atom stereocenters. The highest BCUT2D eigenvalue weighted by Gasteiger charge is 2.47. The fourth-order valence-corrected chi connectivity index (χ4v) is 3.76. The minimum absolute atomic E-state index is 0.292. The summed E-state index contributed by atoms with van der Waals surface area (Å²) >= 11 is 0. The number of esters is 1. The van der Waals surface area contributed by atoms with Crippen molar-refractivity contribution in [1.29, 1.82) is 0 Å². The molecule has 1 fully saturated rings. The summed E-state index contributed by atoms with van der Waals surface area (Å²) in [7, 11) is 0. The predicted molar refractivity (Wildman–Crippen MR) is 109 cm³/mol. The van der Waals surface area contributed by atoms with E-state index in [1.807, 2.05) is 41.5 Å². The largest absolute Gasteiger partial charge is 0.485 e. The van der Waals surface area contributed by atoms with Crippen molar-refractivity contribution in [2.45, 2.75) is 77.2 Å². The number of carbonyl (C=O) groups is 2. The number of rotatable bonds is 1. The summed E-state index contributed by atoms with van der Waals surface area (Å²) in [5.41, 5.74) is 6.06. The molecule has 1 amide bonds. The van der Waals surface area contributed by atoms with Crippen LogP contribution in [0.25, 0.3) is 0 Å². The van der Waals surface area contributed by atoms with Gasteiger partial charge in [-0.25, -0.2) is 9.59 Å². The molecule has 0 radical (unpaired) electrons. The molecule has 1 aromatic carbocycles. The van der Waals surface area contributed by atoms with Crippen molar-refractivity contribution in [1.82, 2.24) is 4.90 Å². The number of hydrogen-bond acceptors (Lipinski definition) is 6. The molecular weight excluding hydrogens is 372 g/mol. The van der Waals surface area contributed by atoms with Crippen LogP contribution in [-0.4, -0.2) is 46.9 Å². The van der Waals surface area contributed by atoms with Crippen LogP contribution in [0, 0.1) is 0 Å². The zero-order valence-corrected chi connectivity index (χ0v) is 18.2. The first-order valence-corrected chi connectivity index (χ1v) is 10.1. The van der Waals surface area contributed by atoms with Gasteiger partial charge >= 0.3 is 12.1 Å². The average Bonchev–Trinajstić information content (AvgIpc) is 2.95. The SMILES string of the molecule is CC(C)(C)OC(=O)c1ccc2c(c1)C(N)CC1(CCN(C(=O)OC(C)(C)C)C1)O2. The molecule has 1 saturated heterocycles. The van der Waals surface area contributed by atoms with E-state index in [0.29, 0.717) is 37.2 Å². The number of benzene rings is 1. The Hall–Kier alpha value is -2.28. The lowest BCUT2D eigenvalue weighted by Gasteiger charge is -2.38. The summed E-state index contributed by atoms with van der Waals surface area (Å²) in [5, 5.41) is 0. The third kappa shape index (κ3) is 5.01. The monoisotopic (exact) mass is 404 g/mol. The number of nitrogens with two attached hydrogens (primary N) is 1. The van der Waals surface area contributed by atoms with Gasteiger partial charge in [-0.3, -0.25) is 0 Å². The van der Waals surface area contributed by atoms with Gasteiger partial charge in [0.1, 0.15) is 22.6 Å².